The fourth-order valence-electron chi connectivity index (χ4n) is 11.9. The number of rotatable bonds is 30. The van der Waals surface area contributed by atoms with Gasteiger partial charge in [0.1, 0.15) is 105 Å². The minimum Gasteiger partial charge on any atom is -0.399 e. The van der Waals surface area contributed by atoms with Gasteiger partial charge in [0.2, 0.25) is 0 Å². The standard InChI is InChI=1S/C20H21Cl2FN2O3.C17H18Cl2FN3O2.C17H14Cl2FN3O2.C15H14FN3O.C12H15BN2O2.C9H11FINO.C6H3BrN2/c1-12(26)2-8-16-9-7-15(11-24-16)13-3-5-14(6-4-13)18(27)17(10-23)25-20(28)19(21)22;2*18-16(19)17(25)23-14(7-20)15(24)11-3-1-10(2-4-11)12-5-6-13(8-21)22-9-12;16-7-14(18)15(20)11-3-1-10(2-4-11)12-5-6-13(8-17)19-9-12;1-11(2)12(3,4)17-13(16-11)9-5-6-10(7-14)15-8-9;10-5-8(12)9(13)6-1-3-7(11)4-2-6;7-5-1-2-6(3-8)9-4-5/h3-7,9,11,17-19,27H,2,8,10H2,1H3,(H,25,28);1-6,9,14-16,24H,7-8,21H2,(H,23,25);1-6,9,14-16,24H,7H2,(H,23,25);1-6,9,14-15,20H,7,18H2;5-6,8H,1-4H3;1-4,8-9,13H,5,12H2;1-2,4H/t17-,18-;3*14-,15-;;8-,9-;/m1111.1./s1. The highest BCUT2D eigenvalue weighted by Crippen LogP contribution is 2.37. The number of nitrogens with two attached hydrogens (primary N) is 3. The van der Waals surface area contributed by atoms with E-state index < -0.39 is 133 Å². The van der Waals surface area contributed by atoms with Crippen LogP contribution in [-0.2, 0) is 41.5 Å². The lowest BCUT2D eigenvalue weighted by Gasteiger charge is -2.32. The number of aromatic nitrogens is 6. The van der Waals surface area contributed by atoms with Crippen LogP contribution in [-0.4, -0.2) is 175 Å². The molecule has 0 unspecified atom stereocenters. The fraction of sp³-hybridized carbons (Fsp3) is 0.292. The summed E-state index contributed by atoms with van der Waals surface area (Å²) in [6, 6.07) is 58.4. The van der Waals surface area contributed by atoms with Gasteiger partial charge in [-0.25, -0.2) is 41.9 Å². The Morgan fingerprint density at radius 2 is 0.686 bits per heavy atom. The van der Waals surface area contributed by atoms with Crippen molar-refractivity contribution in [3.05, 3.63) is 301 Å². The van der Waals surface area contributed by atoms with E-state index in [9.17, 15) is 66.7 Å². The van der Waals surface area contributed by atoms with E-state index in [2.05, 4.69) is 84.4 Å². The number of carbonyl (C=O) groups is 4. The largest absolute Gasteiger partial charge is 0.496 e. The Bertz CT molecular complexity index is 5760. The molecule has 1 aliphatic rings. The minimum absolute atomic E-state index is 0.121. The van der Waals surface area contributed by atoms with Crippen molar-refractivity contribution in [2.45, 2.75) is 140 Å². The molecule has 27 nitrogen and oxygen atoms in total. The zero-order chi connectivity index (χ0) is 101. The number of benzene rings is 5. The Hall–Kier alpha value is -10.7. The third kappa shape index (κ3) is 36.9. The minimum atomic E-state index is -1.34. The quantitative estimate of drug-likeness (QED) is 0.00862. The molecule has 14 N–H and O–H groups in total. The Balaban J connectivity index is 0.000000251. The number of hydrogen-bond donors (Lipinski definition) is 11. The number of nitrogens with one attached hydrogen (secondary N) is 3. The Labute approximate surface area is 841 Å². The van der Waals surface area contributed by atoms with E-state index >= 15 is 0 Å². The molecule has 6 aromatic heterocycles. The summed E-state index contributed by atoms with van der Waals surface area (Å²) in [7, 11) is -0.416. The van der Waals surface area contributed by atoms with Gasteiger partial charge in [0.05, 0.1) is 59.3 Å². The smallest absolute Gasteiger partial charge is 0.399 e. The second-order valence-corrected chi connectivity index (χ2v) is 36.3. The van der Waals surface area contributed by atoms with E-state index in [1.807, 2.05) is 94.4 Å². The number of aliphatic hydroxyl groups excluding tert-OH is 5. The first-order valence-electron chi connectivity index (χ1n) is 41.4. The highest BCUT2D eigenvalue weighted by Gasteiger charge is 2.52. The molecule has 0 saturated carbocycles. The lowest BCUT2D eigenvalue weighted by atomic mass is 9.80. The van der Waals surface area contributed by atoms with Crippen LogP contribution in [0.1, 0.15) is 134 Å². The molecule has 7 heterocycles. The van der Waals surface area contributed by atoms with Crippen LogP contribution in [0.15, 0.2) is 236 Å². The predicted molar refractivity (Wildman–Crippen MR) is 528 cm³/mol. The summed E-state index contributed by atoms with van der Waals surface area (Å²) in [4.78, 5) is 65.9. The number of nitrogens with zero attached hydrogens (tertiary/aromatic N) is 10. The Morgan fingerprint density at radius 3 is 0.934 bits per heavy atom. The molecule has 1 aliphatic heterocycles. The van der Waals surface area contributed by atoms with Gasteiger partial charge >= 0.3 is 7.12 Å². The van der Waals surface area contributed by atoms with Gasteiger partial charge in [-0.2, -0.15) is 21.0 Å². The van der Waals surface area contributed by atoms with Gasteiger partial charge in [-0.05, 0) is 196 Å². The maximum Gasteiger partial charge on any atom is 0.496 e. The molecular formula is C96H96BBrCl6F5IN16O11. The maximum absolute atomic E-state index is 13.2. The van der Waals surface area contributed by atoms with E-state index in [1.165, 1.54) is 0 Å². The molecule has 1 fully saturated rings. The number of nitriles is 4. The second kappa shape index (κ2) is 58.3. The summed E-state index contributed by atoms with van der Waals surface area (Å²) in [6.45, 7) is 5.53. The first-order valence-corrected chi connectivity index (χ1v) is 45.9. The van der Waals surface area contributed by atoms with Gasteiger partial charge in [-0.1, -0.05) is 197 Å². The summed E-state index contributed by atoms with van der Waals surface area (Å²) < 4.78 is 77.8. The number of alkyl halides is 11. The average Bonchev–Trinajstić information content (AvgIpc) is 1.62. The Morgan fingerprint density at radius 1 is 0.409 bits per heavy atom. The molecule has 0 bridgehead atoms. The third-order valence-electron chi connectivity index (χ3n) is 20.6. The number of amides is 3. The predicted octanol–water partition coefficient (Wildman–Crippen LogP) is 15.5. The fourth-order valence-corrected chi connectivity index (χ4v) is 12.9. The summed E-state index contributed by atoms with van der Waals surface area (Å²) in [5.74, 6) is -2.17. The molecule has 720 valence electrons. The van der Waals surface area contributed by atoms with Crippen molar-refractivity contribution in [2.24, 2.45) is 17.2 Å². The van der Waals surface area contributed by atoms with Crippen LogP contribution >= 0.6 is 108 Å². The summed E-state index contributed by atoms with van der Waals surface area (Å²) in [6.07, 6.45) is 5.21. The lowest BCUT2D eigenvalue weighted by molar-refractivity contribution is -0.122. The number of pyridine rings is 6. The van der Waals surface area contributed by atoms with Crippen LogP contribution in [0, 0.1) is 48.9 Å². The molecule has 0 spiro atoms. The molecule has 11 aromatic rings. The molecule has 41 heteroatoms. The topological polar surface area (TPSA) is 475 Å². The van der Waals surface area contributed by atoms with Crippen LogP contribution in [0.3, 0.4) is 0 Å². The molecule has 137 heavy (non-hydrogen) atoms. The van der Waals surface area contributed by atoms with E-state index in [1.54, 1.807) is 196 Å². The maximum atomic E-state index is 13.2. The van der Waals surface area contributed by atoms with E-state index in [0.29, 0.717) is 70.0 Å². The van der Waals surface area contributed by atoms with Crippen LogP contribution in [0.5, 0.6) is 0 Å². The van der Waals surface area contributed by atoms with Crippen LogP contribution in [0.2, 0.25) is 0 Å². The first-order chi connectivity index (χ1) is 65.2. The summed E-state index contributed by atoms with van der Waals surface area (Å²) in [5.41, 5.74) is 29.0. The van der Waals surface area contributed by atoms with Crippen molar-refractivity contribution >= 4 is 144 Å². The first kappa shape index (κ1) is 115. The van der Waals surface area contributed by atoms with Gasteiger partial charge in [-0.3, -0.25) is 24.4 Å². The molecule has 0 aliphatic carbocycles. The number of ketones is 1. The zero-order valence-electron chi connectivity index (χ0n) is 74.0. The van der Waals surface area contributed by atoms with Gasteiger partial charge in [0.15, 0.2) is 14.5 Å². The van der Waals surface area contributed by atoms with Gasteiger partial charge in [-0.15, -0.1) is 0 Å². The molecule has 1 saturated heterocycles. The van der Waals surface area contributed by atoms with Gasteiger partial charge in [0, 0.05) is 91.6 Å². The molecule has 10 atom stereocenters. The number of hydrogen-bond acceptors (Lipinski definition) is 24. The molecule has 0 radical (unpaired) electrons. The van der Waals surface area contributed by atoms with Crippen molar-refractivity contribution < 1.29 is 76.0 Å². The lowest BCUT2D eigenvalue weighted by Crippen LogP contribution is -2.43. The molecule has 3 amide bonds. The SMILES string of the molecule is CC(=O)CCc1ccc(-c2ccc([C@@H](O)[C@@H](CF)NC(=O)C(Cl)Cl)cc2)cn1.CC1(C)OB(c2ccc(C#N)nc2)OC1(C)C.N#Cc1ccc(-c2ccc([C@@H](O)[C@@H](CF)NC(=O)C(Cl)Cl)cc2)cn1.N#Cc1ccc(-c2ccc([C@@H](O)[C@H](N)CF)cc2)cn1.N#Cc1ccc(Br)cn1.NCc1ccc(-c2ccc([C@@H](O)[C@@H](CF)NC(=O)C(Cl)Cl)cc2)cn1.N[C@H](CF)[C@H](O)c1ccc(I)cc1. The van der Waals surface area contributed by atoms with Crippen molar-refractivity contribution in [3.8, 4) is 68.8 Å². The van der Waals surface area contributed by atoms with Gasteiger partial charge < -0.3 is 72.8 Å². The third-order valence-corrected chi connectivity index (χ3v) is 22.9. The normalized spacial score (nSPS) is 14.2. The molecule has 5 aromatic carbocycles. The Kier molecular flexibility index (Phi) is 48.9. The second-order valence-electron chi connectivity index (χ2n) is 30.8. The number of aryl methyl sites for hydroxylation is 1. The van der Waals surface area contributed by atoms with Crippen molar-refractivity contribution in [1.29, 1.82) is 21.0 Å². The number of halogens is 13. The van der Waals surface area contributed by atoms with Crippen LogP contribution in [0.4, 0.5) is 22.0 Å². The van der Waals surface area contributed by atoms with Crippen LogP contribution in [0.25, 0.3) is 44.5 Å². The zero-order valence-corrected chi connectivity index (χ0v) is 82.3. The number of Topliss-reactive ketones (excluding diaryl/α,β-unsaturated/α-hetero) is 1. The van der Waals surface area contributed by atoms with Crippen molar-refractivity contribution in [2.75, 3.05) is 33.4 Å². The number of aliphatic hydroxyl groups is 5. The average molecular weight is 2180 g/mol. The highest BCUT2D eigenvalue weighted by atomic mass is 127. The number of carbonyl (C=O) groups excluding carboxylic acids is 4. The van der Waals surface area contributed by atoms with Gasteiger partial charge in [0.25, 0.3) is 17.7 Å². The molecule has 12 rings (SSSR count). The van der Waals surface area contributed by atoms with E-state index in [0.717, 1.165) is 69.4 Å². The van der Waals surface area contributed by atoms with Crippen LogP contribution < -0.4 is 38.6 Å². The van der Waals surface area contributed by atoms with E-state index in [4.69, 9.17) is 117 Å². The van der Waals surface area contributed by atoms with Crippen molar-refractivity contribution in [1.82, 2.24) is 45.9 Å². The highest BCUT2D eigenvalue weighted by molar-refractivity contribution is 14.1. The van der Waals surface area contributed by atoms with E-state index in [-0.39, 0.29) is 17.0 Å². The molecular weight excluding hydrogens is 2080 g/mol. The summed E-state index contributed by atoms with van der Waals surface area (Å²) >= 11 is 37.9. The monoisotopic (exact) mass is 2170 g/mol. The summed E-state index contributed by atoms with van der Waals surface area (Å²) in [5, 5.41) is 91.4. The van der Waals surface area contributed by atoms with Crippen molar-refractivity contribution in [3.63, 3.8) is 0 Å².